The summed E-state index contributed by atoms with van der Waals surface area (Å²) >= 11 is -2.41. The maximum atomic E-state index is 11.0. The van der Waals surface area contributed by atoms with Crippen molar-refractivity contribution in [2.24, 2.45) is 0 Å². The van der Waals surface area contributed by atoms with E-state index in [0.717, 1.165) is 6.07 Å². The van der Waals surface area contributed by atoms with Crippen LogP contribution >= 0.6 is 0 Å². The molecule has 0 amide bonds. The summed E-state index contributed by atoms with van der Waals surface area (Å²) < 4.78 is 5.16. The number of benzene rings is 1. The average molecular weight is 426 g/mol. The molecule has 0 radical (unpaired) electrons. The Morgan fingerprint density at radius 1 is 1.47 bits per heavy atom. The van der Waals surface area contributed by atoms with Crippen LogP contribution in [0.4, 0.5) is 5.69 Å². The Morgan fingerprint density at radius 2 is 2.12 bits per heavy atom. The number of hydrogen-bond acceptors (Lipinski definition) is 5. The molecule has 1 N–H and O–H groups in total. The van der Waals surface area contributed by atoms with Crippen LogP contribution in [0.5, 0.6) is 0 Å². The summed E-state index contributed by atoms with van der Waals surface area (Å²) in [6.07, 6.45) is 0. The Balaban J connectivity index is 3.20. The molecule has 1 aromatic rings. The number of carbonyl (C=O) groups is 2. The molecule has 1 aromatic carbocycles. The molecule has 0 saturated carbocycles. The number of nitro benzene ring substituents is 1. The number of carboxylic acids is 1. The first-order valence-corrected chi connectivity index (χ1v) is 9.55. The van der Waals surface area contributed by atoms with Crippen LogP contribution in [0, 0.1) is 10.1 Å². The quantitative estimate of drug-likeness (QED) is 0.427. The van der Waals surface area contributed by atoms with Crippen LogP contribution in [-0.2, 0) is 32.5 Å². The molecule has 0 heterocycles. The van der Waals surface area contributed by atoms with Crippen LogP contribution in [0.1, 0.15) is 17.3 Å². The second kappa shape index (κ2) is 5.71. The molecule has 0 aromatic heterocycles. The maximum absolute atomic E-state index is 11.0. The van der Waals surface area contributed by atoms with Crippen molar-refractivity contribution in [1.29, 1.82) is 0 Å². The monoisotopic (exact) mass is 427 g/mol. The second-order valence-electron chi connectivity index (χ2n) is 3.15. The third-order valence-electron chi connectivity index (χ3n) is 1.97. The predicted octanol–water partition coefficient (Wildman–Crippen LogP) is 0.479. The molecule has 0 aliphatic heterocycles. The van der Waals surface area contributed by atoms with Gasteiger partial charge in [0.15, 0.2) is 0 Å². The SMILES string of the molecule is CC(=O)[O][Hg][c]1cccc([N+](=O)[O-])c1C(=O)O. The fraction of sp³-hybridized carbons (Fsp3) is 0.111. The molecule has 0 fully saturated rings. The van der Waals surface area contributed by atoms with E-state index in [0.29, 0.717) is 3.07 Å². The minimum atomic E-state index is -2.41. The van der Waals surface area contributed by atoms with Crippen molar-refractivity contribution in [3.05, 3.63) is 33.9 Å². The molecular formula is C9H7HgNO6. The van der Waals surface area contributed by atoms with Gasteiger partial charge in [0.2, 0.25) is 0 Å². The van der Waals surface area contributed by atoms with E-state index in [1.165, 1.54) is 19.1 Å². The molecule has 17 heavy (non-hydrogen) atoms. The molecule has 1 rings (SSSR count). The number of nitro groups is 1. The van der Waals surface area contributed by atoms with Crippen LogP contribution in [0.2, 0.25) is 0 Å². The van der Waals surface area contributed by atoms with E-state index in [1.54, 1.807) is 0 Å². The zero-order valence-electron chi connectivity index (χ0n) is 8.87. The molecule has 0 saturated heterocycles. The van der Waals surface area contributed by atoms with E-state index in [4.69, 9.17) is 7.75 Å². The fourth-order valence-electron chi connectivity index (χ4n) is 1.29. The number of hydrogen-bond donors (Lipinski definition) is 1. The van der Waals surface area contributed by atoms with Crippen LogP contribution in [-0.4, -0.2) is 22.0 Å². The van der Waals surface area contributed by atoms with Crippen molar-refractivity contribution in [2.45, 2.75) is 6.92 Å². The Bertz CT molecular complexity index is 486. The first-order valence-electron chi connectivity index (χ1n) is 4.56. The Labute approximate surface area is 109 Å². The van der Waals surface area contributed by atoms with Gasteiger partial charge in [0, 0.05) is 0 Å². The number of carbonyl (C=O) groups excluding carboxylic acids is 1. The second-order valence-corrected chi connectivity index (χ2v) is 8.36. The summed E-state index contributed by atoms with van der Waals surface area (Å²) in [5.41, 5.74) is -0.831. The van der Waals surface area contributed by atoms with Gasteiger partial charge >= 0.3 is 109 Å². The predicted molar refractivity (Wildman–Crippen MR) is 51.5 cm³/mol. The summed E-state index contributed by atoms with van der Waals surface area (Å²) in [6, 6.07) is 3.97. The van der Waals surface area contributed by atoms with Gasteiger partial charge in [0.1, 0.15) is 0 Å². The topological polar surface area (TPSA) is 107 Å². The minimum absolute atomic E-state index is 0.307. The third-order valence-corrected chi connectivity index (χ3v) is 7.61. The van der Waals surface area contributed by atoms with E-state index < -0.39 is 47.6 Å². The van der Waals surface area contributed by atoms with Gasteiger partial charge in [-0.2, -0.15) is 0 Å². The van der Waals surface area contributed by atoms with Crippen molar-refractivity contribution in [2.75, 3.05) is 0 Å². The molecule has 0 aliphatic rings. The molecule has 86 valence electrons. The fourth-order valence-corrected chi connectivity index (χ4v) is 5.44. The van der Waals surface area contributed by atoms with Gasteiger partial charge in [-0.25, -0.2) is 0 Å². The first-order chi connectivity index (χ1) is 7.93. The molecule has 0 bridgehead atoms. The van der Waals surface area contributed by atoms with Gasteiger partial charge in [0.25, 0.3) is 0 Å². The van der Waals surface area contributed by atoms with Gasteiger partial charge in [-0.1, -0.05) is 0 Å². The van der Waals surface area contributed by atoms with Gasteiger partial charge in [-0.3, -0.25) is 0 Å². The summed E-state index contributed by atoms with van der Waals surface area (Å²) in [5, 5.41) is 19.6. The first kappa shape index (κ1) is 13.6. The van der Waals surface area contributed by atoms with Crippen molar-refractivity contribution in [1.82, 2.24) is 0 Å². The molecule has 0 spiro atoms. The van der Waals surface area contributed by atoms with E-state index in [1.807, 2.05) is 0 Å². The van der Waals surface area contributed by atoms with Crippen molar-refractivity contribution in [3.8, 4) is 0 Å². The number of aromatic carboxylic acids is 1. The molecule has 0 unspecified atom stereocenters. The van der Waals surface area contributed by atoms with Crippen molar-refractivity contribution in [3.63, 3.8) is 0 Å². The van der Waals surface area contributed by atoms with E-state index in [-0.39, 0.29) is 5.56 Å². The Hall–Kier alpha value is -1.50. The Morgan fingerprint density at radius 3 is 2.59 bits per heavy atom. The van der Waals surface area contributed by atoms with Gasteiger partial charge in [-0.05, 0) is 0 Å². The van der Waals surface area contributed by atoms with Crippen LogP contribution in [0.15, 0.2) is 18.2 Å². The summed E-state index contributed by atoms with van der Waals surface area (Å²) in [6.45, 7) is 1.22. The van der Waals surface area contributed by atoms with Crippen LogP contribution in [0.3, 0.4) is 0 Å². The zero-order valence-corrected chi connectivity index (χ0v) is 14.4. The summed E-state index contributed by atoms with van der Waals surface area (Å²) in [5.74, 6) is -1.87. The summed E-state index contributed by atoms with van der Waals surface area (Å²) in [4.78, 5) is 31.6. The Kier molecular flexibility index (Phi) is 4.56. The number of nitrogens with zero attached hydrogens (tertiary/aromatic N) is 1. The normalized spacial score (nSPS) is 9.24. The third kappa shape index (κ3) is 3.48. The van der Waals surface area contributed by atoms with E-state index >= 15 is 0 Å². The van der Waals surface area contributed by atoms with Gasteiger partial charge in [-0.15, -0.1) is 0 Å². The number of rotatable bonds is 4. The molecule has 0 atom stereocenters. The van der Waals surface area contributed by atoms with E-state index in [2.05, 4.69) is 0 Å². The molecule has 0 aliphatic carbocycles. The summed E-state index contributed by atoms with van der Waals surface area (Å²) in [7, 11) is 0. The van der Waals surface area contributed by atoms with Crippen molar-refractivity contribution < 1.29 is 47.3 Å². The van der Waals surface area contributed by atoms with Crippen LogP contribution < -0.4 is 3.07 Å². The van der Waals surface area contributed by atoms with Crippen molar-refractivity contribution >= 4 is 20.7 Å². The number of carboxylic acid groups (broad SMARTS) is 1. The van der Waals surface area contributed by atoms with Gasteiger partial charge in [0.05, 0.1) is 0 Å². The average Bonchev–Trinajstić information content (AvgIpc) is 2.25. The molecule has 7 nitrogen and oxygen atoms in total. The van der Waals surface area contributed by atoms with E-state index in [9.17, 15) is 19.7 Å². The van der Waals surface area contributed by atoms with Gasteiger partial charge < -0.3 is 0 Å². The molecule has 8 heteroatoms. The standard InChI is InChI=1S/C7H4NO4.C2H4O2.Hg/c9-7(10)5-3-1-2-4-6(5)8(11)12;1-2(3)4;/h1-2,4H,(H,9,10);1H3,(H,3,4);/q;;+1/p-1. The zero-order chi connectivity index (χ0) is 13.0. The molecular weight excluding hydrogens is 419 g/mol. The van der Waals surface area contributed by atoms with Crippen LogP contribution in [0.25, 0.3) is 0 Å².